The smallest absolute Gasteiger partial charge is 0.194 e. The zero-order valence-corrected chi connectivity index (χ0v) is 18.0. The van der Waals surface area contributed by atoms with Gasteiger partial charge in [0.2, 0.25) is 0 Å². The summed E-state index contributed by atoms with van der Waals surface area (Å²) in [6.45, 7) is 11.3. The Labute approximate surface area is 157 Å². The van der Waals surface area contributed by atoms with Crippen molar-refractivity contribution in [2.45, 2.75) is 32.9 Å². The van der Waals surface area contributed by atoms with Crippen LogP contribution in [0.4, 0.5) is 0 Å². The van der Waals surface area contributed by atoms with Gasteiger partial charge in [0, 0.05) is 36.4 Å². The highest BCUT2D eigenvalue weighted by atomic mass is 127. The quantitative estimate of drug-likeness (QED) is 0.371. The zero-order valence-electron chi connectivity index (χ0n) is 14.0. The van der Waals surface area contributed by atoms with Gasteiger partial charge in [-0.05, 0) is 12.8 Å². The first-order valence-corrected chi connectivity index (χ1v) is 10.6. The number of aliphatic imine (C=N–C) groups is 1. The third kappa shape index (κ3) is 7.72. The number of halogens is 1. The van der Waals surface area contributed by atoms with Crippen molar-refractivity contribution in [3.63, 3.8) is 0 Å². The molecule has 1 rings (SSSR count). The fourth-order valence-electron chi connectivity index (χ4n) is 2.13. The van der Waals surface area contributed by atoms with E-state index in [1.165, 1.54) is 0 Å². The first-order valence-electron chi connectivity index (χ1n) is 7.75. The maximum absolute atomic E-state index is 11.5. The monoisotopic (exact) mass is 463 g/mol. The van der Waals surface area contributed by atoms with Gasteiger partial charge in [-0.3, -0.25) is 4.99 Å². The Morgan fingerprint density at radius 3 is 2.64 bits per heavy atom. The average molecular weight is 463 g/mol. The maximum Gasteiger partial charge on any atom is 0.194 e. The van der Waals surface area contributed by atoms with Gasteiger partial charge in [0.15, 0.2) is 15.8 Å². The number of nitrogens with one attached hydrogen (secondary N) is 1. The number of sulfone groups is 1. The molecule has 1 atom stereocenters. The van der Waals surface area contributed by atoms with Crippen LogP contribution in [0.2, 0.25) is 0 Å². The molecule has 132 valence electrons. The molecule has 0 radical (unpaired) electrons. The second-order valence-electron chi connectivity index (χ2n) is 5.57. The lowest BCUT2D eigenvalue weighted by Crippen LogP contribution is -2.49. The van der Waals surface area contributed by atoms with E-state index in [1.807, 2.05) is 18.7 Å². The van der Waals surface area contributed by atoms with Crippen LogP contribution in [-0.2, 0) is 9.84 Å². The molecule has 22 heavy (non-hydrogen) atoms. The second kappa shape index (κ2) is 11.0. The number of rotatable bonds is 6. The maximum atomic E-state index is 11.5. The van der Waals surface area contributed by atoms with Crippen molar-refractivity contribution in [1.82, 2.24) is 10.2 Å². The summed E-state index contributed by atoms with van der Waals surface area (Å²) >= 11 is 2.02. The fourth-order valence-corrected chi connectivity index (χ4v) is 4.09. The van der Waals surface area contributed by atoms with Crippen molar-refractivity contribution in [2.75, 3.05) is 43.4 Å². The third-order valence-corrected chi connectivity index (χ3v) is 6.80. The van der Waals surface area contributed by atoms with E-state index >= 15 is 0 Å². The predicted octanol–water partition coefficient (Wildman–Crippen LogP) is 2.08. The van der Waals surface area contributed by atoms with Gasteiger partial charge in [-0.25, -0.2) is 8.42 Å². The molecule has 0 amide bonds. The Bertz CT molecular complexity index is 441. The molecule has 1 heterocycles. The summed E-state index contributed by atoms with van der Waals surface area (Å²) in [7, 11) is -2.94. The normalized spacial score (nSPS) is 20.0. The van der Waals surface area contributed by atoms with E-state index in [-0.39, 0.29) is 35.5 Å². The Morgan fingerprint density at radius 2 is 2.09 bits per heavy atom. The lowest BCUT2D eigenvalue weighted by atomic mass is 10.1. The van der Waals surface area contributed by atoms with Crippen LogP contribution in [0.25, 0.3) is 0 Å². The molecule has 1 unspecified atom stereocenters. The van der Waals surface area contributed by atoms with Crippen molar-refractivity contribution >= 4 is 51.5 Å². The average Bonchev–Trinajstić information content (AvgIpc) is 2.46. The van der Waals surface area contributed by atoms with E-state index in [1.54, 1.807) is 6.92 Å². The summed E-state index contributed by atoms with van der Waals surface area (Å²) in [4.78, 5) is 6.77. The highest BCUT2D eigenvalue weighted by Crippen LogP contribution is 2.24. The lowest BCUT2D eigenvalue weighted by molar-refractivity contribution is 0.381. The Hall–Kier alpha value is 0.300. The minimum atomic E-state index is -2.94. The molecule has 0 aliphatic carbocycles. The molecular weight excluding hydrogens is 433 g/mol. The Kier molecular flexibility index (Phi) is 11.1. The third-order valence-electron chi connectivity index (χ3n) is 3.58. The molecule has 1 N–H and O–H groups in total. The van der Waals surface area contributed by atoms with Gasteiger partial charge < -0.3 is 10.2 Å². The number of hydrogen-bond donors (Lipinski definition) is 1. The van der Waals surface area contributed by atoms with Crippen molar-refractivity contribution in [1.29, 1.82) is 0 Å². The number of nitrogens with zero attached hydrogens (tertiary/aromatic N) is 2. The van der Waals surface area contributed by atoms with Crippen LogP contribution in [0.3, 0.4) is 0 Å². The number of thioether (sulfide) groups is 1. The van der Waals surface area contributed by atoms with Crippen molar-refractivity contribution in [3.8, 4) is 0 Å². The van der Waals surface area contributed by atoms with Crippen molar-refractivity contribution in [2.24, 2.45) is 10.9 Å². The molecule has 5 nitrogen and oxygen atoms in total. The molecule has 1 saturated heterocycles. The summed E-state index contributed by atoms with van der Waals surface area (Å²) < 4.78 is 23.1. The number of guanidine groups is 1. The van der Waals surface area contributed by atoms with Crippen LogP contribution >= 0.6 is 35.7 Å². The molecule has 8 heteroatoms. The molecule has 1 aliphatic heterocycles. The van der Waals surface area contributed by atoms with E-state index in [2.05, 4.69) is 29.1 Å². The van der Waals surface area contributed by atoms with Crippen LogP contribution in [0.1, 0.15) is 27.7 Å². The minimum Gasteiger partial charge on any atom is -0.357 e. The molecule has 0 bridgehead atoms. The van der Waals surface area contributed by atoms with E-state index in [0.29, 0.717) is 17.7 Å². The van der Waals surface area contributed by atoms with Gasteiger partial charge in [-0.1, -0.05) is 20.8 Å². The molecule has 1 aliphatic rings. The molecule has 0 saturated carbocycles. The Morgan fingerprint density at radius 1 is 1.41 bits per heavy atom. The summed E-state index contributed by atoms with van der Waals surface area (Å²) in [6, 6.07) is 0. The van der Waals surface area contributed by atoms with Gasteiger partial charge in [-0.15, -0.1) is 24.0 Å². The van der Waals surface area contributed by atoms with Crippen LogP contribution in [0.5, 0.6) is 0 Å². The topological polar surface area (TPSA) is 61.8 Å². The highest BCUT2D eigenvalue weighted by Gasteiger charge is 2.24. The number of hydrogen-bond acceptors (Lipinski definition) is 4. The zero-order chi connectivity index (χ0) is 15.9. The molecule has 1 fully saturated rings. The molecule has 0 spiro atoms. The van der Waals surface area contributed by atoms with Gasteiger partial charge >= 0.3 is 0 Å². The first kappa shape index (κ1) is 22.3. The fraction of sp³-hybridized carbons (Fsp3) is 0.929. The SMILES string of the molecule is CCNC(=NCCS(=O)(=O)CC)N1CCSC(C(C)C)C1.I. The van der Waals surface area contributed by atoms with E-state index in [0.717, 1.165) is 31.3 Å². The van der Waals surface area contributed by atoms with Gasteiger partial charge in [0.1, 0.15) is 0 Å². The predicted molar refractivity (Wildman–Crippen MR) is 108 cm³/mol. The molecule has 0 aromatic carbocycles. The summed E-state index contributed by atoms with van der Waals surface area (Å²) in [5.74, 6) is 2.92. The second-order valence-corrected chi connectivity index (χ2v) is 9.39. The minimum absolute atomic E-state index is 0. The van der Waals surface area contributed by atoms with E-state index in [4.69, 9.17) is 0 Å². The Balaban J connectivity index is 0.00000441. The van der Waals surface area contributed by atoms with Crippen LogP contribution < -0.4 is 5.32 Å². The van der Waals surface area contributed by atoms with Crippen molar-refractivity contribution in [3.05, 3.63) is 0 Å². The first-order chi connectivity index (χ1) is 9.89. The molecule has 0 aromatic rings. The highest BCUT2D eigenvalue weighted by molar-refractivity contribution is 14.0. The summed E-state index contributed by atoms with van der Waals surface area (Å²) in [5, 5.41) is 3.90. The van der Waals surface area contributed by atoms with Crippen LogP contribution in [0, 0.1) is 5.92 Å². The van der Waals surface area contributed by atoms with Crippen LogP contribution in [-0.4, -0.2) is 68.0 Å². The largest absolute Gasteiger partial charge is 0.357 e. The van der Waals surface area contributed by atoms with E-state index < -0.39 is 9.84 Å². The standard InChI is InChI=1S/C14H29N3O2S2.HI/c1-5-15-14(16-7-10-21(18,19)6-2)17-8-9-20-13(11-17)12(3)4;/h12-13H,5-11H2,1-4H3,(H,15,16);1H. The van der Waals surface area contributed by atoms with Gasteiger partial charge in [0.05, 0.1) is 12.3 Å². The molecule has 0 aromatic heterocycles. The van der Waals surface area contributed by atoms with Crippen LogP contribution in [0.15, 0.2) is 4.99 Å². The van der Waals surface area contributed by atoms with Gasteiger partial charge in [0.25, 0.3) is 0 Å². The summed E-state index contributed by atoms with van der Waals surface area (Å²) in [5.41, 5.74) is 0. The van der Waals surface area contributed by atoms with Crippen molar-refractivity contribution < 1.29 is 8.42 Å². The lowest BCUT2D eigenvalue weighted by Gasteiger charge is -2.36. The molecular formula is C14H30IN3O2S2. The van der Waals surface area contributed by atoms with Gasteiger partial charge in [-0.2, -0.15) is 11.8 Å². The summed E-state index contributed by atoms with van der Waals surface area (Å²) in [6.07, 6.45) is 0. The van der Waals surface area contributed by atoms with E-state index in [9.17, 15) is 8.42 Å².